The molecule has 0 aromatic heterocycles. The minimum absolute atomic E-state index is 0.520. The Labute approximate surface area is 112 Å². The lowest BCUT2D eigenvalue weighted by atomic mass is 10.1. The van der Waals surface area contributed by atoms with Crippen LogP contribution in [0.15, 0.2) is 0 Å². The molecule has 0 atom stereocenters. The van der Waals surface area contributed by atoms with E-state index in [4.69, 9.17) is 17.0 Å². The molecule has 0 rings (SSSR count). The van der Waals surface area contributed by atoms with Crippen molar-refractivity contribution in [2.45, 2.75) is 52.5 Å². The van der Waals surface area contributed by atoms with Crippen molar-refractivity contribution in [3.05, 3.63) is 0 Å². The summed E-state index contributed by atoms with van der Waals surface area (Å²) >= 11 is 5.47. The van der Waals surface area contributed by atoms with Gasteiger partial charge in [-0.3, -0.25) is 0 Å². The maximum absolute atomic E-state index is 5.47. The Morgan fingerprint density at radius 3 is 2.41 bits per heavy atom. The molecule has 0 saturated heterocycles. The number of rotatable bonds is 9. The highest BCUT2D eigenvalue weighted by Crippen LogP contribution is 2.09. The third-order valence-electron chi connectivity index (χ3n) is 2.99. The van der Waals surface area contributed by atoms with E-state index in [0.29, 0.717) is 6.04 Å². The van der Waals surface area contributed by atoms with Gasteiger partial charge in [-0.25, -0.2) is 0 Å². The van der Waals surface area contributed by atoms with Crippen molar-refractivity contribution in [1.29, 1.82) is 0 Å². The lowest BCUT2D eigenvalue weighted by molar-refractivity contribution is 0.158. The van der Waals surface area contributed by atoms with Crippen molar-refractivity contribution in [2.75, 3.05) is 26.8 Å². The third-order valence-corrected chi connectivity index (χ3v) is 3.37. The molecule has 0 aromatic carbocycles. The lowest BCUT2D eigenvalue weighted by Gasteiger charge is -2.33. The molecule has 0 amide bonds. The molecule has 4 heteroatoms. The molecule has 102 valence electrons. The fourth-order valence-corrected chi connectivity index (χ4v) is 2.19. The summed E-state index contributed by atoms with van der Waals surface area (Å²) in [5.74, 6) is 0. The van der Waals surface area contributed by atoms with Crippen LogP contribution < -0.4 is 5.32 Å². The fourth-order valence-electron chi connectivity index (χ4n) is 1.84. The summed E-state index contributed by atoms with van der Waals surface area (Å²) < 4.78 is 5.16. The predicted molar refractivity (Wildman–Crippen MR) is 78.5 cm³/mol. The molecule has 0 radical (unpaired) electrons. The molecule has 0 aliphatic heterocycles. The van der Waals surface area contributed by atoms with Crippen molar-refractivity contribution < 1.29 is 4.74 Å². The molecule has 0 aliphatic carbocycles. The number of nitrogens with zero attached hydrogens (tertiary/aromatic N) is 1. The molecule has 0 saturated carbocycles. The second-order valence-electron chi connectivity index (χ2n) is 4.24. The normalized spacial score (nSPS) is 10.6. The van der Waals surface area contributed by atoms with Gasteiger partial charge in [0.25, 0.3) is 0 Å². The molecule has 3 nitrogen and oxygen atoms in total. The van der Waals surface area contributed by atoms with Crippen LogP contribution in [0.25, 0.3) is 0 Å². The Morgan fingerprint density at radius 2 is 1.94 bits per heavy atom. The van der Waals surface area contributed by atoms with E-state index >= 15 is 0 Å². The van der Waals surface area contributed by atoms with Crippen LogP contribution in [-0.2, 0) is 4.74 Å². The van der Waals surface area contributed by atoms with E-state index in [-0.39, 0.29) is 0 Å². The van der Waals surface area contributed by atoms with Crippen LogP contribution in [0.1, 0.15) is 46.5 Å². The number of thiocarbonyl (C=S) groups is 1. The van der Waals surface area contributed by atoms with E-state index in [9.17, 15) is 0 Å². The lowest BCUT2D eigenvalue weighted by Crippen LogP contribution is -2.47. The average Bonchev–Trinajstić information content (AvgIpc) is 2.34. The van der Waals surface area contributed by atoms with Gasteiger partial charge in [0.2, 0.25) is 0 Å². The zero-order valence-corrected chi connectivity index (χ0v) is 12.6. The first kappa shape index (κ1) is 16.6. The minimum Gasteiger partial charge on any atom is -0.383 e. The molecular formula is C13H28N2OS. The van der Waals surface area contributed by atoms with E-state index in [2.05, 4.69) is 31.0 Å². The Morgan fingerprint density at radius 1 is 1.29 bits per heavy atom. The second-order valence-corrected chi connectivity index (χ2v) is 4.63. The number of hydrogen-bond acceptors (Lipinski definition) is 2. The SMILES string of the molecule is CCCCNC(=S)N(CCOC)C(CC)CC. The predicted octanol–water partition coefficient (Wildman–Crippen LogP) is 2.80. The van der Waals surface area contributed by atoms with Gasteiger partial charge < -0.3 is 15.0 Å². The molecular weight excluding hydrogens is 232 g/mol. The van der Waals surface area contributed by atoms with Gasteiger partial charge in [-0.05, 0) is 31.5 Å². The highest BCUT2D eigenvalue weighted by Gasteiger charge is 2.17. The van der Waals surface area contributed by atoms with E-state index < -0.39 is 0 Å². The van der Waals surface area contributed by atoms with Crippen molar-refractivity contribution in [3.8, 4) is 0 Å². The number of methoxy groups -OCH3 is 1. The van der Waals surface area contributed by atoms with Gasteiger partial charge in [0.1, 0.15) is 0 Å². The first-order chi connectivity index (χ1) is 8.21. The van der Waals surface area contributed by atoms with Crippen LogP contribution in [-0.4, -0.2) is 42.9 Å². The zero-order chi connectivity index (χ0) is 13.1. The standard InChI is InChI=1S/C13H28N2OS/c1-5-8-9-14-13(17)15(10-11-16-4)12(6-2)7-3/h12H,5-11H2,1-4H3,(H,14,17). The fraction of sp³-hybridized carbons (Fsp3) is 0.923. The van der Waals surface area contributed by atoms with E-state index in [1.54, 1.807) is 7.11 Å². The smallest absolute Gasteiger partial charge is 0.169 e. The van der Waals surface area contributed by atoms with E-state index in [1.165, 1.54) is 12.8 Å². The van der Waals surface area contributed by atoms with Gasteiger partial charge in [0.05, 0.1) is 6.61 Å². The van der Waals surface area contributed by atoms with Crippen LogP contribution in [0.3, 0.4) is 0 Å². The van der Waals surface area contributed by atoms with Gasteiger partial charge in [0, 0.05) is 26.2 Å². The van der Waals surface area contributed by atoms with Gasteiger partial charge in [0.15, 0.2) is 5.11 Å². The van der Waals surface area contributed by atoms with Crippen molar-refractivity contribution in [1.82, 2.24) is 10.2 Å². The van der Waals surface area contributed by atoms with Crippen molar-refractivity contribution in [3.63, 3.8) is 0 Å². The van der Waals surface area contributed by atoms with Crippen molar-refractivity contribution in [2.24, 2.45) is 0 Å². The summed E-state index contributed by atoms with van der Waals surface area (Å²) in [4.78, 5) is 2.27. The number of nitrogens with one attached hydrogen (secondary N) is 1. The maximum Gasteiger partial charge on any atom is 0.169 e. The van der Waals surface area contributed by atoms with Gasteiger partial charge in [-0.2, -0.15) is 0 Å². The molecule has 17 heavy (non-hydrogen) atoms. The van der Waals surface area contributed by atoms with E-state index in [0.717, 1.165) is 37.7 Å². The second kappa shape index (κ2) is 10.8. The Hall–Kier alpha value is -0.350. The minimum atomic E-state index is 0.520. The average molecular weight is 260 g/mol. The summed E-state index contributed by atoms with van der Waals surface area (Å²) in [6, 6.07) is 0.520. The first-order valence-electron chi connectivity index (χ1n) is 6.74. The number of unbranched alkanes of at least 4 members (excludes halogenated alkanes) is 1. The molecule has 0 aromatic rings. The molecule has 0 fully saturated rings. The Kier molecular flexibility index (Phi) is 10.6. The molecule has 0 heterocycles. The van der Waals surface area contributed by atoms with Gasteiger partial charge >= 0.3 is 0 Å². The molecule has 0 aliphatic rings. The largest absolute Gasteiger partial charge is 0.383 e. The highest BCUT2D eigenvalue weighted by molar-refractivity contribution is 7.80. The monoisotopic (exact) mass is 260 g/mol. The molecule has 0 bridgehead atoms. The number of ether oxygens (including phenoxy) is 1. The Bertz CT molecular complexity index is 196. The zero-order valence-electron chi connectivity index (χ0n) is 11.8. The van der Waals surface area contributed by atoms with Crippen LogP contribution in [0.5, 0.6) is 0 Å². The van der Waals surface area contributed by atoms with E-state index in [1.807, 2.05) is 0 Å². The van der Waals surface area contributed by atoms with Crippen LogP contribution in [0.4, 0.5) is 0 Å². The summed E-state index contributed by atoms with van der Waals surface area (Å²) in [5, 5.41) is 4.22. The first-order valence-corrected chi connectivity index (χ1v) is 7.15. The molecule has 1 N–H and O–H groups in total. The third kappa shape index (κ3) is 6.84. The quantitative estimate of drug-likeness (QED) is 0.509. The van der Waals surface area contributed by atoms with Crippen LogP contribution in [0, 0.1) is 0 Å². The van der Waals surface area contributed by atoms with Gasteiger partial charge in [-0.1, -0.05) is 27.2 Å². The van der Waals surface area contributed by atoms with Crippen molar-refractivity contribution >= 4 is 17.3 Å². The summed E-state index contributed by atoms with van der Waals surface area (Å²) in [5.41, 5.74) is 0. The molecule has 0 unspecified atom stereocenters. The summed E-state index contributed by atoms with van der Waals surface area (Å²) in [6.07, 6.45) is 4.60. The van der Waals surface area contributed by atoms with Gasteiger partial charge in [-0.15, -0.1) is 0 Å². The topological polar surface area (TPSA) is 24.5 Å². The molecule has 0 spiro atoms. The maximum atomic E-state index is 5.47. The number of hydrogen-bond donors (Lipinski definition) is 1. The Balaban J connectivity index is 4.27. The highest BCUT2D eigenvalue weighted by atomic mass is 32.1. The van der Waals surface area contributed by atoms with Crippen LogP contribution in [0.2, 0.25) is 0 Å². The van der Waals surface area contributed by atoms with Crippen LogP contribution >= 0.6 is 12.2 Å². The summed E-state index contributed by atoms with van der Waals surface area (Å²) in [6.45, 7) is 9.19. The summed E-state index contributed by atoms with van der Waals surface area (Å²) in [7, 11) is 1.73.